The molecule has 0 amide bonds. The van der Waals surface area contributed by atoms with Gasteiger partial charge in [-0.1, -0.05) is 431 Å². The summed E-state index contributed by atoms with van der Waals surface area (Å²) >= 11 is 0. The second kappa shape index (κ2) is 43.1. The van der Waals surface area contributed by atoms with E-state index in [1.807, 2.05) is 0 Å². The molecular formula is C122H148N2. The van der Waals surface area contributed by atoms with Crippen molar-refractivity contribution in [2.45, 2.75) is 334 Å². The summed E-state index contributed by atoms with van der Waals surface area (Å²) in [5.74, 6) is 0. The summed E-state index contributed by atoms with van der Waals surface area (Å²) in [7, 11) is 0. The average Bonchev–Trinajstić information content (AvgIpc) is 1.53. The molecule has 11 aromatic carbocycles. The van der Waals surface area contributed by atoms with Crippen LogP contribution in [0.5, 0.6) is 0 Å². The minimum Gasteiger partial charge on any atom is -0.310 e. The highest BCUT2D eigenvalue weighted by Crippen LogP contribution is 2.65. The lowest BCUT2D eigenvalue weighted by Crippen LogP contribution is -2.27. The zero-order valence-corrected chi connectivity index (χ0v) is 77.6. The summed E-state index contributed by atoms with van der Waals surface area (Å²) in [6, 6.07) is 96.0. The number of hydrogen-bond donors (Lipinski definition) is 0. The first-order valence-corrected chi connectivity index (χ1v) is 50.4. The Labute approximate surface area is 751 Å². The summed E-state index contributed by atoms with van der Waals surface area (Å²) in [6.07, 6.45) is 59.6. The molecule has 0 aliphatic heterocycles. The third-order valence-corrected chi connectivity index (χ3v) is 29.8. The number of benzene rings is 11. The van der Waals surface area contributed by atoms with Crippen LogP contribution < -0.4 is 9.80 Å². The highest BCUT2D eigenvalue weighted by molar-refractivity contribution is 5.95. The summed E-state index contributed by atoms with van der Waals surface area (Å²) in [4.78, 5) is 5.01. The zero-order valence-electron chi connectivity index (χ0n) is 77.6. The Bertz CT molecular complexity index is 4830. The van der Waals surface area contributed by atoms with Crippen LogP contribution in [0.2, 0.25) is 0 Å². The number of anilines is 6. The minimum atomic E-state index is -0.0883. The molecule has 0 radical (unpaired) electrons. The van der Waals surface area contributed by atoms with E-state index >= 15 is 0 Å². The quantitative estimate of drug-likeness (QED) is 0.0277. The van der Waals surface area contributed by atoms with E-state index in [-0.39, 0.29) is 21.7 Å². The summed E-state index contributed by atoms with van der Waals surface area (Å²) in [6.45, 7) is 19.0. The molecule has 0 spiro atoms. The lowest BCUT2D eigenvalue weighted by atomic mass is 9.68. The van der Waals surface area contributed by atoms with E-state index in [9.17, 15) is 0 Å². The average molecular weight is 1640 g/mol. The smallest absolute Gasteiger partial charge is 0.0465 e. The number of unbranched alkanes of at least 4 members (excludes halogenated alkanes) is 24. The first kappa shape index (κ1) is 89.3. The third kappa shape index (κ3) is 19.1. The topological polar surface area (TPSA) is 6.48 Å². The molecule has 2 nitrogen and oxygen atoms in total. The van der Waals surface area contributed by atoms with Gasteiger partial charge in [-0.15, -0.1) is 0 Å². The largest absolute Gasteiger partial charge is 0.310 e. The predicted octanol–water partition coefficient (Wildman–Crippen LogP) is 37.8. The molecule has 11 aromatic rings. The molecule has 0 unspecified atom stereocenters. The maximum Gasteiger partial charge on any atom is 0.0465 e. The summed E-state index contributed by atoms with van der Waals surface area (Å²) < 4.78 is 0. The van der Waals surface area contributed by atoms with Gasteiger partial charge < -0.3 is 9.80 Å². The Balaban J connectivity index is 0.775. The molecule has 124 heavy (non-hydrogen) atoms. The summed E-state index contributed by atoms with van der Waals surface area (Å²) in [5, 5.41) is 0. The van der Waals surface area contributed by atoms with Gasteiger partial charge in [0, 0.05) is 55.8 Å². The van der Waals surface area contributed by atoms with E-state index in [1.165, 1.54) is 358 Å². The fourth-order valence-electron chi connectivity index (χ4n) is 23.2. The van der Waals surface area contributed by atoms with Crippen molar-refractivity contribution in [3.63, 3.8) is 0 Å². The third-order valence-electron chi connectivity index (χ3n) is 29.8. The molecule has 0 N–H and O–H groups in total. The first-order valence-electron chi connectivity index (χ1n) is 50.4. The molecular weight excluding hydrogens is 1490 g/mol. The van der Waals surface area contributed by atoms with Gasteiger partial charge in [-0.3, -0.25) is 0 Å². The molecule has 0 saturated heterocycles. The maximum atomic E-state index is 2.82. The fourth-order valence-corrected chi connectivity index (χ4v) is 23.2. The van der Waals surface area contributed by atoms with Crippen molar-refractivity contribution in [1.29, 1.82) is 0 Å². The molecule has 0 aromatic heterocycles. The van der Waals surface area contributed by atoms with Crippen molar-refractivity contribution in [2.24, 2.45) is 0 Å². The van der Waals surface area contributed by atoms with Crippen LogP contribution in [0.1, 0.15) is 379 Å². The van der Waals surface area contributed by atoms with E-state index in [2.05, 4.69) is 332 Å². The van der Waals surface area contributed by atoms with Crippen molar-refractivity contribution in [3.05, 3.63) is 309 Å². The van der Waals surface area contributed by atoms with Crippen molar-refractivity contribution in [3.8, 4) is 44.5 Å². The number of hydrogen-bond acceptors (Lipinski definition) is 2. The molecule has 0 bridgehead atoms. The lowest BCUT2D eigenvalue weighted by Gasteiger charge is -2.35. The highest BCUT2D eigenvalue weighted by Gasteiger charge is 2.51. The Morgan fingerprint density at radius 1 is 0.169 bits per heavy atom. The van der Waals surface area contributed by atoms with Crippen molar-refractivity contribution in [2.75, 3.05) is 9.80 Å². The van der Waals surface area contributed by atoms with Gasteiger partial charge >= 0.3 is 0 Å². The van der Waals surface area contributed by atoms with Gasteiger partial charge in [-0.05, 0) is 260 Å². The highest BCUT2D eigenvalue weighted by atomic mass is 15.1. The number of para-hydroxylation sites is 4. The van der Waals surface area contributed by atoms with Crippen molar-refractivity contribution < 1.29 is 0 Å². The minimum absolute atomic E-state index is 0.0699. The Morgan fingerprint density at radius 2 is 0.363 bits per heavy atom. The van der Waals surface area contributed by atoms with Crippen LogP contribution in [0.15, 0.2) is 243 Å². The van der Waals surface area contributed by atoms with Gasteiger partial charge in [0.1, 0.15) is 0 Å². The molecule has 15 rings (SSSR count). The second-order valence-electron chi connectivity index (χ2n) is 38.1. The number of rotatable bonds is 50. The number of nitrogens with zero attached hydrogens (tertiary/aromatic N) is 2. The maximum absolute atomic E-state index is 2.82. The molecule has 0 saturated carbocycles. The van der Waals surface area contributed by atoms with Crippen LogP contribution in [0.3, 0.4) is 0 Å². The standard InChI is InChI=1S/C122H148N2/c1-9-17-25-45-77-119(78-46-26-18-10-2)111-85-95(69-73-103(111)107-89-117-109(91-115(107)119)105-75-71-101(123(97-53-37-33-38-54-97)98-55-39-34-40-56-98)87-113(105)121(117,81-49-29-21-13-5)82-50-30-22-14-6)67-65-93-61-63-94(64-62-93)66-68-96-70-74-104-108-90-118-110(92-116(108)120(112(104)86-96,79-47-27-19-11-3)80-48-28-20-12-4)106-76-72-102(124(99-57-41-35-42-58-99)100-59-43-36-44-60-100)88-114(106)122(118,83-51-31-23-15-7)84-52-32-24-16-8/h33-44,53-76,85-92H,9-32,45-52,77-84H2,1-8H3/b67-65+,68-66+. The monoisotopic (exact) mass is 1640 g/mol. The Hall–Kier alpha value is -9.50. The van der Waals surface area contributed by atoms with Crippen LogP contribution >= 0.6 is 0 Å². The van der Waals surface area contributed by atoms with Crippen molar-refractivity contribution >= 4 is 58.4 Å². The second-order valence-corrected chi connectivity index (χ2v) is 38.1. The Morgan fingerprint density at radius 3 is 0.589 bits per heavy atom. The van der Waals surface area contributed by atoms with Crippen LogP contribution in [0, 0.1) is 0 Å². The number of fused-ring (bicyclic) bond motifs is 12. The molecule has 0 fully saturated rings. The molecule has 2 heteroatoms. The molecule has 4 aliphatic carbocycles. The van der Waals surface area contributed by atoms with Crippen molar-refractivity contribution in [1.82, 2.24) is 0 Å². The van der Waals surface area contributed by atoms with Crippen LogP contribution in [-0.4, -0.2) is 0 Å². The van der Waals surface area contributed by atoms with E-state index in [1.54, 1.807) is 44.5 Å². The predicted molar refractivity (Wildman–Crippen MR) is 541 cm³/mol. The molecule has 0 atom stereocenters. The fraction of sp³-hybridized carbons (Fsp3) is 0.426. The van der Waals surface area contributed by atoms with Gasteiger partial charge in [0.05, 0.1) is 0 Å². The van der Waals surface area contributed by atoms with E-state index in [0.717, 1.165) is 0 Å². The van der Waals surface area contributed by atoms with Crippen LogP contribution in [-0.2, 0) is 21.7 Å². The van der Waals surface area contributed by atoms with Crippen LogP contribution in [0.4, 0.5) is 34.1 Å². The molecule has 4 aliphatic rings. The van der Waals surface area contributed by atoms with Gasteiger partial charge in [-0.25, -0.2) is 0 Å². The van der Waals surface area contributed by atoms with Gasteiger partial charge in [0.15, 0.2) is 0 Å². The van der Waals surface area contributed by atoms with E-state index in [0.29, 0.717) is 0 Å². The zero-order chi connectivity index (χ0) is 85.6. The van der Waals surface area contributed by atoms with E-state index in [4.69, 9.17) is 0 Å². The summed E-state index contributed by atoms with van der Waals surface area (Å²) in [5.41, 5.74) is 36.8. The van der Waals surface area contributed by atoms with Gasteiger partial charge in [0.25, 0.3) is 0 Å². The van der Waals surface area contributed by atoms with Gasteiger partial charge in [0.2, 0.25) is 0 Å². The SMILES string of the molecule is CCCCCCC1(CCCCCC)c2cc(/C=C/c3ccc(/C=C/c4ccc5c(c4)C(CCCCCC)(CCCCCC)c4cc6c(cc4-5)C(CCCCCC)(CCCCCC)c4cc(N(c5ccccc5)c5ccccc5)ccc4-6)cc3)ccc2-c2cc3c(cc21)-c1ccc(N(c2ccccc2)c2ccccc2)cc1C3(CCCCCC)CCCCCC. The molecule has 646 valence electrons. The van der Waals surface area contributed by atoms with Crippen LogP contribution in [0.25, 0.3) is 68.8 Å². The van der Waals surface area contributed by atoms with E-state index < -0.39 is 0 Å². The normalized spacial score (nSPS) is 14.3. The van der Waals surface area contributed by atoms with Gasteiger partial charge in [-0.2, -0.15) is 0 Å². The first-order chi connectivity index (χ1) is 61.1. The lowest BCUT2D eigenvalue weighted by molar-refractivity contribution is 0.397. The Kier molecular flexibility index (Phi) is 31.1. The molecule has 0 heterocycles.